The van der Waals surface area contributed by atoms with Crippen LogP contribution in [0.1, 0.15) is 59.1 Å². The van der Waals surface area contributed by atoms with E-state index < -0.39 is 0 Å². The maximum atomic E-state index is 12.6. The van der Waals surface area contributed by atoms with Crippen LogP contribution in [0.2, 0.25) is 0 Å². The third-order valence-corrected chi connectivity index (χ3v) is 3.96. The van der Waals surface area contributed by atoms with Gasteiger partial charge in [0.1, 0.15) is 0 Å². The second-order valence-electron chi connectivity index (χ2n) is 6.83. The molecule has 1 aromatic carbocycles. The average molecular weight is 301 g/mol. The van der Waals surface area contributed by atoms with E-state index >= 15 is 0 Å². The summed E-state index contributed by atoms with van der Waals surface area (Å²) in [6.45, 7) is 10.7. The molecule has 2 heteroatoms. The maximum absolute atomic E-state index is 12.6. The highest BCUT2D eigenvalue weighted by atomic mass is 16.1. The molecule has 0 spiro atoms. The standard InChI is InChI=1S/C20H31NO/c1-15(2)11-9-10-14-19(16(3)4)20(22)21-17(5)18-12-7-6-8-13-18/h6-10,12-13,15-17,19H,11,14H2,1-5H3,(H,21,22)/b10-9+/t17-,19+/m0/s1. The van der Waals surface area contributed by atoms with Crippen molar-refractivity contribution >= 4 is 5.91 Å². The SMILES string of the molecule is CC(C)C/C=C/C[C@@H](C(=O)N[C@@H](C)c1ccccc1)C(C)C. The van der Waals surface area contributed by atoms with Gasteiger partial charge in [-0.15, -0.1) is 0 Å². The zero-order valence-electron chi connectivity index (χ0n) is 14.7. The lowest BCUT2D eigenvalue weighted by Crippen LogP contribution is -2.35. The summed E-state index contributed by atoms with van der Waals surface area (Å²) in [7, 11) is 0. The number of nitrogens with one attached hydrogen (secondary N) is 1. The quantitative estimate of drug-likeness (QED) is 0.663. The topological polar surface area (TPSA) is 29.1 Å². The van der Waals surface area contributed by atoms with Gasteiger partial charge >= 0.3 is 0 Å². The van der Waals surface area contributed by atoms with Gasteiger partial charge < -0.3 is 5.32 Å². The molecule has 122 valence electrons. The number of carbonyl (C=O) groups excluding carboxylic acids is 1. The highest BCUT2D eigenvalue weighted by Gasteiger charge is 2.22. The van der Waals surface area contributed by atoms with E-state index in [1.165, 1.54) is 0 Å². The van der Waals surface area contributed by atoms with E-state index in [0.717, 1.165) is 18.4 Å². The van der Waals surface area contributed by atoms with Crippen molar-refractivity contribution in [3.8, 4) is 0 Å². The fourth-order valence-electron chi connectivity index (χ4n) is 2.44. The summed E-state index contributed by atoms with van der Waals surface area (Å²) in [4.78, 5) is 12.6. The molecule has 0 fully saturated rings. The fraction of sp³-hybridized carbons (Fsp3) is 0.550. The molecule has 0 bridgehead atoms. The van der Waals surface area contributed by atoms with Gasteiger partial charge in [-0.1, -0.05) is 70.2 Å². The van der Waals surface area contributed by atoms with Crippen molar-refractivity contribution in [3.05, 3.63) is 48.0 Å². The maximum Gasteiger partial charge on any atom is 0.224 e. The number of hydrogen-bond acceptors (Lipinski definition) is 1. The molecule has 0 unspecified atom stereocenters. The third kappa shape index (κ3) is 6.46. The molecule has 1 aromatic rings. The van der Waals surface area contributed by atoms with Crippen LogP contribution in [0.4, 0.5) is 0 Å². The third-order valence-electron chi connectivity index (χ3n) is 3.96. The van der Waals surface area contributed by atoms with Crippen LogP contribution < -0.4 is 5.32 Å². The Kier molecular flexibility index (Phi) is 7.94. The van der Waals surface area contributed by atoms with Gasteiger partial charge in [-0.25, -0.2) is 0 Å². The van der Waals surface area contributed by atoms with Crippen molar-refractivity contribution in [3.63, 3.8) is 0 Å². The van der Waals surface area contributed by atoms with Gasteiger partial charge in [0.15, 0.2) is 0 Å². The Morgan fingerprint density at radius 3 is 2.14 bits per heavy atom. The smallest absolute Gasteiger partial charge is 0.224 e. The predicted molar refractivity (Wildman–Crippen MR) is 94.5 cm³/mol. The zero-order valence-corrected chi connectivity index (χ0v) is 14.7. The molecule has 0 saturated carbocycles. The van der Waals surface area contributed by atoms with E-state index in [4.69, 9.17) is 0 Å². The molecule has 2 nitrogen and oxygen atoms in total. The van der Waals surface area contributed by atoms with Crippen molar-refractivity contribution in [2.24, 2.45) is 17.8 Å². The molecule has 1 amide bonds. The van der Waals surface area contributed by atoms with Gasteiger partial charge in [-0.2, -0.15) is 0 Å². The largest absolute Gasteiger partial charge is 0.349 e. The summed E-state index contributed by atoms with van der Waals surface area (Å²) in [5, 5.41) is 3.15. The van der Waals surface area contributed by atoms with Gasteiger partial charge in [-0.05, 0) is 37.2 Å². The Labute approximate surface area is 136 Å². The average Bonchev–Trinajstić information content (AvgIpc) is 2.47. The predicted octanol–water partition coefficient (Wildman–Crippen LogP) is 5.13. The molecule has 0 aromatic heterocycles. The molecule has 0 heterocycles. The summed E-state index contributed by atoms with van der Waals surface area (Å²) < 4.78 is 0. The normalized spacial score (nSPS) is 14.5. The van der Waals surface area contributed by atoms with Crippen LogP contribution in [-0.4, -0.2) is 5.91 Å². The Hall–Kier alpha value is -1.57. The molecule has 0 saturated heterocycles. The van der Waals surface area contributed by atoms with Crippen molar-refractivity contribution in [2.75, 3.05) is 0 Å². The monoisotopic (exact) mass is 301 g/mol. The lowest BCUT2D eigenvalue weighted by Gasteiger charge is -2.22. The van der Waals surface area contributed by atoms with E-state index in [9.17, 15) is 4.79 Å². The van der Waals surface area contributed by atoms with Crippen LogP contribution in [0.25, 0.3) is 0 Å². The highest BCUT2D eigenvalue weighted by Crippen LogP contribution is 2.19. The number of amides is 1. The molecule has 22 heavy (non-hydrogen) atoms. The summed E-state index contributed by atoms with van der Waals surface area (Å²) in [6.07, 6.45) is 6.26. The van der Waals surface area contributed by atoms with Gasteiger partial charge in [0.25, 0.3) is 0 Å². The summed E-state index contributed by atoms with van der Waals surface area (Å²) in [5.41, 5.74) is 1.15. The minimum absolute atomic E-state index is 0.0366. The second-order valence-corrected chi connectivity index (χ2v) is 6.83. The minimum Gasteiger partial charge on any atom is -0.349 e. The lowest BCUT2D eigenvalue weighted by molar-refractivity contribution is -0.126. The molecule has 1 N–H and O–H groups in total. The summed E-state index contributed by atoms with van der Waals surface area (Å²) in [5.74, 6) is 1.20. The highest BCUT2D eigenvalue weighted by molar-refractivity contribution is 5.79. The van der Waals surface area contributed by atoms with Crippen LogP contribution in [0.15, 0.2) is 42.5 Å². The first-order chi connectivity index (χ1) is 10.4. The van der Waals surface area contributed by atoms with Crippen molar-refractivity contribution in [2.45, 2.75) is 53.5 Å². The Balaban J connectivity index is 2.59. The Bertz CT molecular complexity index is 462. The number of rotatable bonds is 8. The lowest BCUT2D eigenvalue weighted by atomic mass is 9.90. The summed E-state index contributed by atoms with van der Waals surface area (Å²) >= 11 is 0. The minimum atomic E-state index is 0.0366. The van der Waals surface area contributed by atoms with E-state index in [1.807, 2.05) is 25.1 Å². The van der Waals surface area contributed by atoms with Gasteiger partial charge in [0.05, 0.1) is 6.04 Å². The number of carbonyl (C=O) groups is 1. The van der Waals surface area contributed by atoms with Crippen LogP contribution in [0.5, 0.6) is 0 Å². The van der Waals surface area contributed by atoms with Crippen LogP contribution in [0, 0.1) is 17.8 Å². The first kappa shape index (κ1) is 18.5. The zero-order chi connectivity index (χ0) is 16.5. The van der Waals surface area contributed by atoms with E-state index in [0.29, 0.717) is 11.8 Å². The number of hydrogen-bond donors (Lipinski definition) is 1. The molecule has 0 aliphatic rings. The number of benzene rings is 1. The van der Waals surface area contributed by atoms with Crippen LogP contribution in [0.3, 0.4) is 0 Å². The van der Waals surface area contributed by atoms with E-state index in [2.05, 4.69) is 57.3 Å². The van der Waals surface area contributed by atoms with Crippen LogP contribution >= 0.6 is 0 Å². The molecule has 0 radical (unpaired) electrons. The second kappa shape index (κ2) is 9.45. The first-order valence-electron chi connectivity index (χ1n) is 8.42. The van der Waals surface area contributed by atoms with Gasteiger partial charge in [0, 0.05) is 5.92 Å². The summed E-state index contributed by atoms with van der Waals surface area (Å²) in [6, 6.07) is 10.2. The van der Waals surface area contributed by atoms with Crippen molar-refractivity contribution in [1.82, 2.24) is 5.32 Å². The number of allylic oxidation sites excluding steroid dienone is 2. The molecule has 2 atom stereocenters. The van der Waals surface area contributed by atoms with Crippen LogP contribution in [-0.2, 0) is 4.79 Å². The van der Waals surface area contributed by atoms with E-state index in [1.54, 1.807) is 0 Å². The first-order valence-corrected chi connectivity index (χ1v) is 8.42. The van der Waals surface area contributed by atoms with Gasteiger partial charge in [0.2, 0.25) is 5.91 Å². The van der Waals surface area contributed by atoms with E-state index in [-0.39, 0.29) is 17.9 Å². The molecular weight excluding hydrogens is 270 g/mol. The molecule has 0 aliphatic heterocycles. The Morgan fingerprint density at radius 1 is 1.00 bits per heavy atom. The van der Waals surface area contributed by atoms with Gasteiger partial charge in [-0.3, -0.25) is 4.79 Å². The Morgan fingerprint density at radius 2 is 1.59 bits per heavy atom. The van der Waals surface area contributed by atoms with Crippen molar-refractivity contribution < 1.29 is 4.79 Å². The fourth-order valence-corrected chi connectivity index (χ4v) is 2.44. The molecular formula is C20H31NO. The molecule has 1 rings (SSSR count). The molecule has 0 aliphatic carbocycles. The van der Waals surface area contributed by atoms with Crippen molar-refractivity contribution in [1.29, 1.82) is 0 Å².